The first-order valence-electron chi connectivity index (χ1n) is 10.8. The van der Waals surface area contributed by atoms with Crippen molar-refractivity contribution in [1.82, 2.24) is 15.3 Å². The van der Waals surface area contributed by atoms with Crippen LogP contribution in [-0.2, 0) is 4.74 Å². The number of hydrogen-bond donors (Lipinski definition) is 2. The molecule has 0 unspecified atom stereocenters. The highest BCUT2D eigenvalue weighted by molar-refractivity contribution is 5.87. The lowest BCUT2D eigenvalue weighted by molar-refractivity contribution is -0.383. The molecule has 0 bridgehead atoms. The van der Waals surface area contributed by atoms with Crippen LogP contribution >= 0.6 is 0 Å². The van der Waals surface area contributed by atoms with E-state index in [1.54, 1.807) is 12.3 Å². The molecular weight excluding hydrogens is 432 g/mol. The largest absolute Gasteiger partial charge is 0.449 e. The maximum atomic E-state index is 12.2. The Kier molecular flexibility index (Phi) is 5.67. The van der Waals surface area contributed by atoms with Gasteiger partial charge in [0.2, 0.25) is 0 Å². The number of aromatic nitrogens is 2. The normalized spacial score (nSPS) is 11.9. The van der Waals surface area contributed by atoms with Gasteiger partial charge in [-0.05, 0) is 28.3 Å². The third-order valence-corrected chi connectivity index (χ3v) is 5.80. The van der Waals surface area contributed by atoms with Crippen LogP contribution in [0.5, 0.6) is 0 Å². The van der Waals surface area contributed by atoms with Crippen LogP contribution in [-0.4, -0.2) is 34.1 Å². The second kappa shape index (κ2) is 9.08. The lowest BCUT2D eigenvalue weighted by atomic mass is 9.98. The van der Waals surface area contributed by atoms with E-state index in [9.17, 15) is 14.9 Å². The van der Waals surface area contributed by atoms with Gasteiger partial charge in [0.15, 0.2) is 0 Å². The highest BCUT2D eigenvalue weighted by Gasteiger charge is 2.28. The zero-order chi connectivity index (χ0) is 23.5. The average molecular weight is 452 g/mol. The number of hydrogen-bond acceptors (Lipinski definition) is 5. The maximum absolute atomic E-state index is 12.2. The summed E-state index contributed by atoms with van der Waals surface area (Å²) in [7, 11) is 0. The molecule has 0 atom stereocenters. The number of nitro groups is 1. The van der Waals surface area contributed by atoms with Crippen molar-refractivity contribution >= 4 is 22.8 Å². The second-order valence-electron chi connectivity index (χ2n) is 7.86. The minimum absolute atomic E-state index is 0.0119. The molecule has 1 aliphatic rings. The number of nitrogens with zero attached hydrogens (tertiary/aromatic N) is 2. The number of ether oxygens (including phenoxy) is 1. The highest BCUT2D eigenvalue weighted by atomic mass is 16.6. The van der Waals surface area contributed by atoms with E-state index in [0.29, 0.717) is 29.6 Å². The fourth-order valence-electron chi connectivity index (χ4n) is 4.25. The van der Waals surface area contributed by atoms with Gasteiger partial charge in [-0.15, -0.1) is 0 Å². The predicted molar refractivity (Wildman–Crippen MR) is 127 cm³/mol. The van der Waals surface area contributed by atoms with Gasteiger partial charge >= 0.3 is 6.09 Å². The van der Waals surface area contributed by atoms with Crippen molar-refractivity contribution in [2.75, 3.05) is 13.2 Å². The van der Waals surface area contributed by atoms with E-state index in [-0.39, 0.29) is 18.2 Å². The highest BCUT2D eigenvalue weighted by Crippen LogP contribution is 2.44. The summed E-state index contributed by atoms with van der Waals surface area (Å²) in [5.41, 5.74) is 5.65. The summed E-state index contributed by atoms with van der Waals surface area (Å²) in [4.78, 5) is 29.8. The van der Waals surface area contributed by atoms with Crippen LogP contribution in [0.1, 0.15) is 29.0 Å². The molecule has 2 aromatic heterocycles. The van der Waals surface area contributed by atoms with Gasteiger partial charge in [-0.2, -0.15) is 0 Å². The van der Waals surface area contributed by atoms with Crippen molar-refractivity contribution in [1.29, 1.82) is 0 Å². The second-order valence-corrected chi connectivity index (χ2v) is 7.86. The lowest BCUT2D eigenvalue weighted by Crippen LogP contribution is -2.26. The number of nitrogens with one attached hydrogen (secondary N) is 2. The van der Waals surface area contributed by atoms with Gasteiger partial charge in [-0.3, -0.25) is 10.1 Å². The first kappa shape index (κ1) is 21.2. The number of rotatable bonds is 5. The molecule has 1 aliphatic carbocycles. The Morgan fingerprint density at radius 2 is 1.85 bits per heavy atom. The lowest BCUT2D eigenvalue weighted by Gasteiger charge is -2.14. The zero-order valence-electron chi connectivity index (χ0n) is 18.1. The van der Waals surface area contributed by atoms with E-state index in [1.807, 2.05) is 24.3 Å². The number of H-pyrrole nitrogens is 1. The van der Waals surface area contributed by atoms with Crippen LogP contribution in [0.15, 0.2) is 67.0 Å². The fraction of sp³-hybridized carbons (Fsp3) is 0.154. The molecule has 168 valence electrons. The summed E-state index contributed by atoms with van der Waals surface area (Å²) in [6, 6.07) is 18.0. The van der Waals surface area contributed by atoms with Crippen molar-refractivity contribution in [2.45, 2.75) is 12.3 Å². The average Bonchev–Trinajstić information content (AvgIpc) is 3.42. The Labute approximate surface area is 195 Å². The topological polar surface area (TPSA) is 110 Å². The van der Waals surface area contributed by atoms with Crippen LogP contribution in [0.25, 0.3) is 22.2 Å². The van der Waals surface area contributed by atoms with E-state index in [4.69, 9.17) is 4.74 Å². The van der Waals surface area contributed by atoms with Gasteiger partial charge < -0.3 is 15.0 Å². The zero-order valence-corrected chi connectivity index (χ0v) is 18.1. The summed E-state index contributed by atoms with van der Waals surface area (Å²) >= 11 is 0. The van der Waals surface area contributed by atoms with Gasteiger partial charge in [-0.1, -0.05) is 60.4 Å². The summed E-state index contributed by atoms with van der Waals surface area (Å²) < 4.78 is 5.50. The number of amides is 1. The van der Waals surface area contributed by atoms with Gasteiger partial charge in [0.1, 0.15) is 12.3 Å². The Morgan fingerprint density at radius 3 is 2.56 bits per heavy atom. The van der Waals surface area contributed by atoms with E-state index >= 15 is 0 Å². The monoisotopic (exact) mass is 452 g/mol. The summed E-state index contributed by atoms with van der Waals surface area (Å²) in [6.07, 6.45) is 2.77. The number of carbonyl (C=O) groups excluding carboxylic acids is 1. The predicted octanol–water partition coefficient (Wildman–Crippen LogP) is 4.75. The quantitative estimate of drug-likeness (QED) is 0.196. The van der Waals surface area contributed by atoms with Crippen molar-refractivity contribution in [2.24, 2.45) is 0 Å². The van der Waals surface area contributed by atoms with Crippen molar-refractivity contribution in [3.8, 4) is 23.0 Å². The van der Waals surface area contributed by atoms with Crippen LogP contribution in [0.3, 0.4) is 0 Å². The molecule has 2 heterocycles. The molecule has 0 saturated carbocycles. The minimum Gasteiger partial charge on any atom is -0.449 e. The molecule has 0 fully saturated rings. The first-order chi connectivity index (χ1) is 16.6. The Bertz CT molecular complexity index is 1420. The van der Waals surface area contributed by atoms with Crippen LogP contribution in [0.4, 0.5) is 10.5 Å². The standard InChI is InChI=1S/C26H20N4O4/c31-26(34-16-23-20-10-3-1-8-18(20)19-9-2-4-11-21(19)23)27-12-6-5-7-17-13-22-24(30(32)33)15-29-25(22)28-14-17/h1-4,8-11,13-15,23H,6,12,16H2,(H,27,31)(H,28,29). The van der Waals surface area contributed by atoms with Gasteiger partial charge in [-0.25, -0.2) is 9.78 Å². The molecule has 8 heteroatoms. The molecule has 0 aliphatic heterocycles. The van der Waals surface area contributed by atoms with Gasteiger partial charge in [0.25, 0.3) is 5.69 Å². The summed E-state index contributed by atoms with van der Waals surface area (Å²) in [5, 5.41) is 14.2. The summed E-state index contributed by atoms with van der Waals surface area (Å²) in [6.45, 7) is 0.580. The van der Waals surface area contributed by atoms with Crippen LogP contribution in [0.2, 0.25) is 0 Å². The number of benzene rings is 2. The maximum Gasteiger partial charge on any atom is 0.407 e. The molecular formula is C26H20N4O4. The van der Waals surface area contributed by atoms with Gasteiger partial charge in [0.05, 0.1) is 16.5 Å². The fourth-order valence-corrected chi connectivity index (χ4v) is 4.25. The van der Waals surface area contributed by atoms with E-state index < -0.39 is 11.0 Å². The first-order valence-corrected chi connectivity index (χ1v) is 10.8. The molecule has 2 aromatic carbocycles. The molecule has 2 N–H and O–H groups in total. The number of fused-ring (bicyclic) bond motifs is 4. The van der Waals surface area contributed by atoms with E-state index in [1.165, 1.54) is 17.3 Å². The smallest absolute Gasteiger partial charge is 0.407 e. The Morgan fingerprint density at radius 1 is 1.15 bits per heavy atom. The number of carbonyl (C=O) groups is 1. The summed E-state index contributed by atoms with van der Waals surface area (Å²) in [5.74, 6) is 5.88. The van der Waals surface area contributed by atoms with Crippen LogP contribution < -0.4 is 5.32 Å². The number of pyridine rings is 1. The molecule has 0 spiro atoms. The molecule has 0 saturated heterocycles. The number of alkyl carbamates (subject to hydrolysis) is 1. The van der Waals surface area contributed by atoms with Crippen molar-refractivity contribution in [3.05, 3.63) is 93.8 Å². The molecule has 1 amide bonds. The molecule has 0 radical (unpaired) electrons. The SMILES string of the molecule is O=C(NCCC#Cc1cnc2[nH]cc([N+](=O)[O-])c2c1)OCC1c2ccccc2-c2ccccc21. The minimum atomic E-state index is -0.491. The molecule has 8 nitrogen and oxygen atoms in total. The third kappa shape index (κ3) is 4.07. The molecule has 34 heavy (non-hydrogen) atoms. The van der Waals surface area contributed by atoms with E-state index in [0.717, 1.165) is 11.1 Å². The molecule has 4 aromatic rings. The molecule has 5 rings (SSSR count). The van der Waals surface area contributed by atoms with Gasteiger partial charge in [0, 0.05) is 30.6 Å². The van der Waals surface area contributed by atoms with Crippen molar-refractivity contribution < 1.29 is 14.5 Å². The third-order valence-electron chi connectivity index (χ3n) is 5.80. The van der Waals surface area contributed by atoms with E-state index in [2.05, 4.69) is 51.4 Å². The van der Waals surface area contributed by atoms with Crippen molar-refractivity contribution in [3.63, 3.8) is 0 Å². The van der Waals surface area contributed by atoms with Crippen LogP contribution in [0, 0.1) is 22.0 Å². The Hall–Kier alpha value is -4.64. The Balaban J connectivity index is 1.14. The number of aromatic amines is 1.